The number of nitrogens with one attached hydrogen (secondary N) is 1. The first-order valence-electron chi connectivity index (χ1n) is 6.22. The normalized spacial score (nSPS) is 12.6. The summed E-state index contributed by atoms with van der Waals surface area (Å²) in [7, 11) is 0. The summed E-state index contributed by atoms with van der Waals surface area (Å²) in [6.45, 7) is 6.15. The van der Waals surface area contributed by atoms with Gasteiger partial charge >= 0.3 is 0 Å². The summed E-state index contributed by atoms with van der Waals surface area (Å²) in [6.07, 6.45) is 3.64. The summed E-state index contributed by atoms with van der Waals surface area (Å²) in [5.74, 6) is 5.65. The topological polar surface area (TPSA) is 50.9 Å². The van der Waals surface area contributed by atoms with Crippen LogP contribution < -0.4 is 11.3 Å². The lowest BCUT2D eigenvalue weighted by atomic mass is 9.98. The van der Waals surface area contributed by atoms with Crippen LogP contribution in [0.1, 0.15) is 31.4 Å². The monoisotopic (exact) mass is 241 g/mol. The van der Waals surface area contributed by atoms with Gasteiger partial charge in [-0.2, -0.15) is 0 Å². The highest BCUT2D eigenvalue weighted by atomic mass is 15.2. The Hall–Kier alpha value is -1.71. The summed E-state index contributed by atoms with van der Waals surface area (Å²) in [6, 6.07) is 10.4. The third-order valence-electron chi connectivity index (χ3n) is 3.22. The first-order valence-corrected chi connectivity index (χ1v) is 6.22. The molecule has 2 rings (SSSR count). The maximum Gasteiger partial charge on any atom is 0.0702 e. The number of hydrazine groups is 1. The number of pyridine rings is 1. The van der Waals surface area contributed by atoms with Gasteiger partial charge in [0.1, 0.15) is 0 Å². The van der Waals surface area contributed by atoms with Crippen molar-refractivity contribution in [2.24, 2.45) is 5.84 Å². The van der Waals surface area contributed by atoms with Gasteiger partial charge in [-0.15, -0.1) is 0 Å². The number of hydrogen-bond donors (Lipinski definition) is 2. The number of benzene rings is 1. The molecule has 0 aliphatic rings. The maximum atomic E-state index is 5.65. The largest absolute Gasteiger partial charge is 0.271 e. The molecule has 1 heterocycles. The fourth-order valence-electron chi connectivity index (χ4n) is 2.02. The van der Waals surface area contributed by atoms with Gasteiger partial charge < -0.3 is 0 Å². The van der Waals surface area contributed by atoms with Gasteiger partial charge in [-0.3, -0.25) is 16.3 Å². The Bertz CT molecular complexity index is 548. The first-order chi connectivity index (χ1) is 8.74. The second-order valence-corrected chi connectivity index (χ2v) is 4.48. The van der Waals surface area contributed by atoms with Crippen molar-refractivity contribution >= 4 is 10.9 Å². The van der Waals surface area contributed by atoms with Gasteiger partial charge in [-0.25, -0.2) is 0 Å². The Kier molecular flexibility index (Phi) is 4.07. The van der Waals surface area contributed by atoms with Gasteiger partial charge in [0.05, 0.1) is 5.52 Å². The second-order valence-electron chi connectivity index (χ2n) is 4.48. The predicted molar refractivity (Wildman–Crippen MR) is 75.9 cm³/mol. The van der Waals surface area contributed by atoms with Crippen molar-refractivity contribution in [3.63, 3.8) is 0 Å². The molecule has 1 aromatic carbocycles. The van der Waals surface area contributed by atoms with Crippen LogP contribution in [-0.4, -0.2) is 4.98 Å². The van der Waals surface area contributed by atoms with E-state index in [1.807, 2.05) is 12.1 Å². The minimum atomic E-state index is 0.113. The molecule has 2 aromatic rings. The lowest BCUT2D eigenvalue weighted by molar-refractivity contribution is 0.545. The summed E-state index contributed by atoms with van der Waals surface area (Å²) < 4.78 is 0. The third kappa shape index (κ3) is 2.75. The molecule has 0 saturated carbocycles. The number of fused-ring (bicyclic) bond motifs is 1. The van der Waals surface area contributed by atoms with E-state index < -0.39 is 0 Å². The molecule has 0 bridgehead atoms. The molecule has 3 nitrogen and oxygen atoms in total. The van der Waals surface area contributed by atoms with Crippen LogP contribution in [0.5, 0.6) is 0 Å². The van der Waals surface area contributed by atoms with E-state index in [0.717, 1.165) is 23.7 Å². The van der Waals surface area contributed by atoms with E-state index in [2.05, 4.69) is 42.1 Å². The van der Waals surface area contributed by atoms with Crippen molar-refractivity contribution in [3.8, 4) is 0 Å². The van der Waals surface area contributed by atoms with Crippen molar-refractivity contribution in [2.45, 2.75) is 25.8 Å². The zero-order chi connectivity index (χ0) is 13.0. The number of nitrogens with two attached hydrogens (primary N) is 1. The molecule has 0 amide bonds. The fourth-order valence-corrected chi connectivity index (χ4v) is 2.02. The van der Waals surface area contributed by atoms with Crippen LogP contribution in [0.25, 0.3) is 10.9 Å². The summed E-state index contributed by atoms with van der Waals surface area (Å²) in [4.78, 5) is 4.32. The Labute approximate surface area is 108 Å². The molecule has 0 spiro atoms. The molecule has 18 heavy (non-hydrogen) atoms. The fraction of sp³-hybridized carbons (Fsp3) is 0.267. The summed E-state index contributed by atoms with van der Waals surface area (Å²) in [5, 5.41) is 1.14. The van der Waals surface area contributed by atoms with Gasteiger partial charge in [0, 0.05) is 17.6 Å². The van der Waals surface area contributed by atoms with E-state index in [4.69, 9.17) is 5.84 Å². The Morgan fingerprint density at radius 1 is 1.44 bits per heavy atom. The molecule has 3 heteroatoms. The molecular weight excluding hydrogens is 222 g/mol. The number of rotatable bonds is 5. The van der Waals surface area contributed by atoms with Crippen molar-refractivity contribution in [3.05, 3.63) is 54.2 Å². The molecule has 94 valence electrons. The lowest BCUT2D eigenvalue weighted by Gasteiger charge is -2.17. The van der Waals surface area contributed by atoms with Crippen LogP contribution in [-0.2, 0) is 0 Å². The van der Waals surface area contributed by atoms with E-state index in [1.54, 1.807) is 6.20 Å². The number of nitrogens with zero attached hydrogens (tertiary/aromatic N) is 1. The van der Waals surface area contributed by atoms with E-state index in [1.165, 1.54) is 11.1 Å². The summed E-state index contributed by atoms with van der Waals surface area (Å²) in [5.41, 5.74) is 6.24. The Morgan fingerprint density at radius 2 is 2.28 bits per heavy atom. The molecule has 3 N–H and O–H groups in total. The predicted octanol–water partition coefficient (Wildman–Crippen LogP) is 3.10. The molecule has 1 unspecified atom stereocenters. The highest BCUT2D eigenvalue weighted by Crippen LogP contribution is 2.24. The van der Waals surface area contributed by atoms with Crippen LogP contribution in [0.15, 0.2) is 48.7 Å². The van der Waals surface area contributed by atoms with E-state index in [9.17, 15) is 0 Å². The zero-order valence-electron chi connectivity index (χ0n) is 10.7. The molecular formula is C15H19N3. The highest BCUT2D eigenvalue weighted by Gasteiger charge is 2.11. The molecule has 1 aromatic heterocycles. The van der Waals surface area contributed by atoms with Gasteiger partial charge in [-0.1, -0.05) is 31.2 Å². The smallest absolute Gasteiger partial charge is 0.0702 e. The second kappa shape index (κ2) is 5.76. The number of aromatic nitrogens is 1. The third-order valence-corrected chi connectivity index (χ3v) is 3.22. The maximum absolute atomic E-state index is 5.65. The minimum absolute atomic E-state index is 0.113. The average molecular weight is 241 g/mol. The Morgan fingerprint density at radius 3 is 3.00 bits per heavy atom. The van der Waals surface area contributed by atoms with E-state index in [0.29, 0.717) is 0 Å². The summed E-state index contributed by atoms with van der Waals surface area (Å²) >= 11 is 0. The van der Waals surface area contributed by atoms with Gasteiger partial charge in [0.15, 0.2) is 0 Å². The van der Waals surface area contributed by atoms with E-state index in [-0.39, 0.29) is 6.04 Å². The van der Waals surface area contributed by atoms with Crippen molar-refractivity contribution < 1.29 is 0 Å². The van der Waals surface area contributed by atoms with Crippen LogP contribution in [0.4, 0.5) is 0 Å². The zero-order valence-corrected chi connectivity index (χ0v) is 10.7. The molecule has 0 saturated heterocycles. The van der Waals surface area contributed by atoms with Gasteiger partial charge in [0.25, 0.3) is 0 Å². The average Bonchev–Trinajstić information content (AvgIpc) is 2.44. The minimum Gasteiger partial charge on any atom is -0.271 e. The quantitative estimate of drug-likeness (QED) is 0.480. The molecule has 0 fully saturated rings. The Balaban J connectivity index is 2.30. The van der Waals surface area contributed by atoms with Crippen molar-refractivity contribution in [2.75, 3.05) is 0 Å². The van der Waals surface area contributed by atoms with Gasteiger partial charge in [0.2, 0.25) is 0 Å². The highest BCUT2D eigenvalue weighted by molar-refractivity contribution is 5.79. The van der Waals surface area contributed by atoms with E-state index >= 15 is 0 Å². The number of hydrogen-bond acceptors (Lipinski definition) is 3. The first kappa shape index (κ1) is 12.7. The molecule has 0 aliphatic carbocycles. The SMILES string of the molecule is C=C(CC)CC(NN)c1ccc2ncccc2c1. The van der Waals surface area contributed by atoms with Crippen LogP contribution in [0.2, 0.25) is 0 Å². The standard InChI is InChI=1S/C15H19N3/c1-3-11(2)9-15(18-16)13-6-7-14-12(10-13)5-4-8-17-14/h4-8,10,15,18H,2-3,9,16H2,1H3. The van der Waals surface area contributed by atoms with Crippen LogP contribution in [0.3, 0.4) is 0 Å². The molecule has 0 radical (unpaired) electrons. The molecule has 0 aliphatic heterocycles. The molecule has 1 atom stereocenters. The van der Waals surface area contributed by atoms with Crippen LogP contribution in [0, 0.1) is 0 Å². The van der Waals surface area contributed by atoms with Crippen molar-refractivity contribution in [1.82, 2.24) is 10.4 Å². The van der Waals surface area contributed by atoms with Gasteiger partial charge in [-0.05, 0) is 36.6 Å². The lowest BCUT2D eigenvalue weighted by Crippen LogP contribution is -2.28. The van der Waals surface area contributed by atoms with Crippen molar-refractivity contribution in [1.29, 1.82) is 0 Å². The van der Waals surface area contributed by atoms with Crippen LogP contribution >= 0.6 is 0 Å².